The van der Waals surface area contributed by atoms with Crippen LogP contribution in [-0.4, -0.2) is 157 Å². The summed E-state index contributed by atoms with van der Waals surface area (Å²) in [6, 6.07) is 1.64. The van der Waals surface area contributed by atoms with Crippen LogP contribution in [0.25, 0.3) is 33.8 Å². The van der Waals surface area contributed by atoms with Crippen molar-refractivity contribution in [3.8, 4) is 22.8 Å². The number of aromatic nitrogens is 7. The molecule has 4 aromatic heterocycles. The van der Waals surface area contributed by atoms with Gasteiger partial charge in [0.25, 0.3) is 5.91 Å². The highest BCUT2D eigenvalue weighted by atomic mass is 19.1. The van der Waals surface area contributed by atoms with Crippen molar-refractivity contribution >= 4 is 57.7 Å². The number of halogens is 2. The molecule has 0 radical (unpaired) electrons. The largest absolute Gasteiger partial charge is 0.439 e. The lowest BCUT2D eigenvalue weighted by atomic mass is 9.78. The van der Waals surface area contributed by atoms with Gasteiger partial charge in [-0.15, -0.1) is 0 Å². The maximum atomic E-state index is 15.4. The van der Waals surface area contributed by atoms with E-state index in [9.17, 15) is 19.2 Å². The molecule has 1 unspecified atom stereocenters. The van der Waals surface area contributed by atoms with E-state index in [2.05, 4.69) is 49.4 Å². The number of nitrogens with zero attached hydrogens (tertiary/aromatic N) is 12. The zero-order chi connectivity index (χ0) is 50.6. The number of carbonyl (C=O) groups is 4. The lowest BCUT2D eigenvalue weighted by Gasteiger charge is -2.50. The van der Waals surface area contributed by atoms with Crippen LogP contribution in [0.1, 0.15) is 84.8 Å². The standard InChI is InChI=1S/C49H61F2N15O6/c1-48(2,3)66-45-38(43(52)55-27-56-45)39(59-66)40-37(42(72-60-40)28-6-7-28)44-53-24-31(25-54-44)61-14-16-64(17-15-61)47(70)71-26-36(68)62-18-20-65(21-19-62)49(4,5)29-10-12-63(13-11-29)41-32(50)22-30(23-33(41)51)57-34-8-9-35(67)58-46(34)69/h22-25,27-29,34,57H,6-21,26H2,1-5H3,(H2,52,55,56)(H,58,67,69). The molecular weight excluding hydrogens is 933 g/mol. The molecule has 0 bridgehead atoms. The number of anilines is 4. The molecule has 4 amide bonds. The minimum absolute atomic E-state index is 0.0896. The summed E-state index contributed by atoms with van der Waals surface area (Å²) in [6.45, 7) is 15.1. The van der Waals surface area contributed by atoms with Crippen molar-refractivity contribution in [3.63, 3.8) is 0 Å². The maximum absolute atomic E-state index is 15.4. The van der Waals surface area contributed by atoms with Gasteiger partial charge in [0, 0.05) is 89.0 Å². The van der Waals surface area contributed by atoms with E-state index in [0.717, 1.165) is 31.4 Å². The van der Waals surface area contributed by atoms with Gasteiger partial charge in [0.1, 0.15) is 35.3 Å². The molecule has 5 fully saturated rings. The number of amides is 4. The van der Waals surface area contributed by atoms with Crippen LogP contribution in [0.2, 0.25) is 0 Å². The number of carbonyl (C=O) groups excluding carboxylic acids is 4. The summed E-state index contributed by atoms with van der Waals surface area (Å²) in [5.41, 5.74) is 8.83. The number of imide groups is 1. The molecule has 4 aliphatic heterocycles. The first-order valence-electron chi connectivity index (χ1n) is 24.8. The predicted octanol–water partition coefficient (Wildman–Crippen LogP) is 4.75. The van der Waals surface area contributed by atoms with Crippen LogP contribution < -0.4 is 26.2 Å². The van der Waals surface area contributed by atoms with Gasteiger partial charge in [0.05, 0.1) is 34.6 Å². The van der Waals surface area contributed by atoms with Gasteiger partial charge in [-0.25, -0.2) is 38.2 Å². The molecule has 8 heterocycles. The minimum atomic E-state index is -0.751. The second kappa shape index (κ2) is 19.2. The molecule has 382 valence electrons. The Balaban J connectivity index is 0.683. The van der Waals surface area contributed by atoms with Gasteiger partial charge in [-0.2, -0.15) is 5.10 Å². The lowest BCUT2D eigenvalue weighted by molar-refractivity contribution is -0.137. The fourth-order valence-corrected chi connectivity index (χ4v) is 10.6. The molecule has 1 aliphatic carbocycles. The van der Waals surface area contributed by atoms with Crippen LogP contribution in [0.3, 0.4) is 0 Å². The third-order valence-electron chi connectivity index (χ3n) is 15.0. The Morgan fingerprint density at radius 1 is 0.833 bits per heavy atom. The average molecular weight is 994 g/mol. The van der Waals surface area contributed by atoms with Crippen LogP contribution in [0, 0.1) is 17.6 Å². The maximum Gasteiger partial charge on any atom is 0.410 e. The molecule has 10 rings (SSSR count). The van der Waals surface area contributed by atoms with Crippen molar-refractivity contribution in [3.05, 3.63) is 48.2 Å². The summed E-state index contributed by atoms with van der Waals surface area (Å²) in [5, 5.41) is 15.1. The number of piperidine rings is 2. The van der Waals surface area contributed by atoms with Gasteiger partial charge >= 0.3 is 6.09 Å². The van der Waals surface area contributed by atoms with E-state index in [1.807, 2.05) is 25.5 Å². The highest BCUT2D eigenvalue weighted by molar-refractivity contribution is 6.02. The van der Waals surface area contributed by atoms with E-state index in [0.29, 0.717) is 105 Å². The van der Waals surface area contributed by atoms with E-state index in [1.165, 1.54) is 18.5 Å². The van der Waals surface area contributed by atoms with Crippen LogP contribution in [0.5, 0.6) is 0 Å². The number of benzene rings is 1. The van der Waals surface area contributed by atoms with Crippen LogP contribution >= 0.6 is 0 Å². The molecule has 4 saturated heterocycles. The summed E-state index contributed by atoms with van der Waals surface area (Å²) >= 11 is 0. The molecule has 0 spiro atoms. The van der Waals surface area contributed by atoms with E-state index in [4.69, 9.17) is 30.1 Å². The number of hydrogen-bond donors (Lipinski definition) is 3. The van der Waals surface area contributed by atoms with E-state index < -0.39 is 35.2 Å². The first-order chi connectivity index (χ1) is 34.4. The third kappa shape index (κ3) is 9.57. The number of nitrogens with one attached hydrogen (secondary N) is 2. The third-order valence-corrected chi connectivity index (χ3v) is 15.0. The Hall–Kier alpha value is -7.04. The monoisotopic (exact) mass is 993 g/mol. The summed E-state index contributed by atoms with van der Waals surface area (Å²) in [4.78, 5) is 78.1. The molecule has 1 saturated carbocycles. The van der Waals surface area contributed by atoms with Gasteiger partial charge in [-0.3, -0.25) is 24.6 Å². The molecular formula is C49H61F2N15O6. The van der Waals surface area contributed by atoms with Crippen molar-refractivity contribution in [1.29, 1.82) is 0 Å². The summed E-state index contributed by atoms with van der Waals surface area (Å²) in [5.74, 6) is -0.687. The van der Waals surface area contributed by atoms with E-state index >= 15 is 8.78 Å². The van der Waals surface area contributed by atoms with Gasteiger partial charge in [-0.05, 0) is 84.8 Å². The molecule has 5 aromatic rings. The zero-order valence-corrected chi connectivity index (χ0v) is 41.3. The SMILES string of the molecule is CC(C)(C1CCN(c2c(F)cc(NC3CCC(=O)NC3=O)cc2F)CC1)N1CCN(C(=O)COC(=O)N2CCN(c3cnc(-c4c(-c5nn(C(C)(C)C)c6ncnc(N)c56)noc4C4CC4)nc3)CC2)CC1. The molecule has 4 N–H and O–H groups in total. The molecule has 72 heavy (non-hydrogen) atoms. The van der Waals surface area contributed by atoms with Crippen molar-refractivity contribution in [2.24, 2.45) is 5.92 Å². The molecule has 23 heteroatoms. The lowest BCUT2D eigenvalue weighted by Crippen LogP contribution is -2.60. The molecule has 1 aromatic carbocycles. The second-order valence-corrected chi connectivity index (χ2v) is 20.9. The summed E-state index contributed by atoms with van der Waals surface area (Å²) < 4.78 is 44.1. The molecule has 1 atom stereocenters. The summed E-state index contributed by atoms with van der Waals surface area (Å²) in [6.07, 6.45) is 8.16. The highest BCUT2D eigenvalue weighted by Crippen LogP contribution is 2.48. The normalized spacial score (nSPS) is 19.8. The zero-order valence-electron chi connectivity index (χ0n) is 41.3. The van der Waals surface area contributed by atoms with Crippen LogP contribution in [0.15, 0.2) is 35.4 Å². The minimum Gasteiger partial charge on any atom is -0.439 e. The predicted molar refractivity (Wildman–Crippen MR) is 262 cm³/mol. The van der Waals surface area contributed by atoms with Crippen molar-refractivity contribution in [2.75, 3.05) is 92.9 Å². The Bertz CT molecular complexity index is 2850. The smallest absolute Gasteiger partial charge is 0.410 e. The van der Waals surface area contributed by atoms with Crippen molar-refractivity contribution in [2.45, 2.75) is 96.2 Å². The summed E-state index contributed by atoms with van der Waals surface area (Å²) in [7, 11) is 0. The number of ether oxygens (including phenoxy) is 1. The van der Waals surface area contributed by atoms with E-state index in [1.54, 1.807) is 27.1 Å². The van der Waals surface area contributed by atoms with Crippen LogP contribution in [0.4, 0.5) is 36.5 Å². The molecule has 5 aliphatic rings. The Labute approximate surface area is 414 Å². The number of hydrogen-bond acceptors (Lipinski definition) is 17. The fourth-order valence-electron chi connectivity index (χ4n) is 10.6. The number of nitrogens with two attached hydrogens (primary N) is 1. The van der Waals surface area contributed by atoms with Crippen molar-refractivity contribution in [1.82, 2.24) is 54.9 Å². The quantitative estimate of drug-likeness (QED) is 0.151. The Kier molecular flexibility index (Phi) is 12.9. The number of nitrogen functional groups attached to an aromatic ring is 1. The van der Waals surface area contributed by atoms with Crippen molar-refractivity contribution < 1.29 is 37.2 Å². The van der Waals surface area contributed by atoms with Gasteiger partial charge in [0.15, 0.2) is 35.5 Å². The van der Waals surface area contributed by atoms with E-state index in [-0.39, 0.29) is 65.8 Å². The van der Waals surface area contributed by atoms with Gasteiger partial charge < -0.3 is 39.9 Å². The first kappa shape index (κ1) is 48.6. The Morgan fingerprint density at radius 3 is 2.14 bits per heavy atom. The van der Waals surface area contributed by atoms with Crippen LogP contribution in [-0.2, 0) is 24.7 Å². The molecule has 21 nitrogen and oxygen atoms in total. The first-order valence-corrected chi connectivity index (χ1v) is 24.8. The average Bonchev–Trinajstić information content (AvgIpc) is 3.98. The number of piperazine rings is 2. The number of fused-ring (bicyclic) bond motifs is 1. The topological polar surface area (TPSA) is 239 Å². The fraction of sp³-hybridized carbons (Fsp3) is 0.551. The second-order valence-electron chi connectivity index (χ2n) is 20.9. The van der Waals surface area contributed by atoms with Gasteiger partial charge in [-0.1, -0.05) is 5.16 Å². The van der Waals surface area contributed by atoms with Gasteiger partial charge in [0.2, 0.25) is 11.8 Å². The Morgan fingerprint density at radius 2 is 1.50 bits per heavy atom. The number of rotatable bonds is 11. The highest BCUT2D eigenvalue weighted by Gasteiger charge is 2.41.